The standard InChI is InChI=1S/C15H17NO7S/c1-9(2)22-14(20)10-5-3-4-6-12(10)23-15(21)24-7-11(13(18)19)16-8-17/h3-6,8-9,11H,7H2,1-2H3,(H,16,17)(H,18,19)/t11-/m0/s1. The van der Waals surface area contributed by atoms with Crippen molar-refractivity contribution in [2.24, 2.45) is 0 Å². The number of benzene rings is 1. The van der Waals surface area contributed by atoms with Crippen molar-refractivity contribution in [3.05, 3.63) is 29.8 Å². The lowest BCUT2D eigenvalue weighted by atomic mass is 10.2. The van der Waals surface area contributed by atoms with E-state index in [1.165, 1.54) is 12.1 Å². The number of aliphatic carboxylic acids is 1. The monoisotopic (exact) mass is 355 g/mol. The average Bonchev–Trinajstić information content (AvgIpc) is 2.50. The summed E-state index contributed by atoms with van der Waals surface area (Å²) in [5.41, 5.74) is 0.0842. The Morgan fingerprint density at radius 2 is 1.96 bits per heavy atom. The highest BCUT2D eigenvalue weighted by molar-refractivity contribution is 8.13. The number of rotatable bonds is 8. The lowest BCUT2D eigenvalue weighted by Crippen LogP contribution is -2.38. The van der Waals surface area contributed by atoms with E-state index in [4.69, 9.17) is 14.6 Å². The first-order valence-corrected chi connectivity index (χ1v) is 7.90. The van der Waals surface area contributed by atoms with Gasteiger partial charge in [-0.25, -0.2) is 14.4 Å². The van der Waals surface area contributed by atoms with Crippen LogP contribution in [0.5, 0.6) is 5.75 Å². The minimum Gasteiger partial charge on any atom is -0.480 e. The summed E-state index contributed by atoms with van der Waals surface area (Å²) in [5, 5.41) is 10.1. The molecule has 0 saturated carbocycles. The molecule has 0 fully saturated rings. The molecule has 1 amide bonds. The van der Waals surface area contributed by atoms with Crippen molar-refractivity contribution in [3.63, 3.8) is 0 Å². The van der Waals surface area contributed by atoms with E-state index in [1.54, 1.807) is 26.0 Å². The van der Waals surface area contributed by atoms with Crippen LogP contribution < -0.4 is 10.1 Å². The third kappa shape index (κ3) is 6.29. The molecule has 0 saturated heterocycles. The Morgan fingerprint density at radius 1 is 1.29 bits per heavy atom. The van der Waals surface area contributed by atoms with Gasteiger partial charge in [0.15, 0.2) is 0 Å². The van der Waals surface area contributed by atoms with Crippen LogP contribution in [0.15, 0.2) is 24.3 Å². The molecule has 1 atom stereocenters. The topological polar surface area (TPSA) is 119 Å². The average molecular weight is 355 g/mol. The number of esters is 1. The van der Waals surface area contributed by atoms with Gasteiger partial charge in [-0.15, -0.1) is 0 Å². The Bertz CT molecular complexity index is 618. The third-order valence-electron chi connectivity index (χ3n) is 2.58. The SMILES string of the molecule is CC(C)OC(=O)c1ccccc1OC(=O)SC[C@H](NC=O)C(=O)O. The van der Waals surface area contributed by atoms with Crippen LogP contribution in [0.1, 0.15) is 24.2 Å². The van der Waals surface area contributed by atoms with Gasteiger partial charge in [-0.2, -0.15) is 0 Å². The van der Waals surface area contributed by atoms with E-state index in [9.17, 15) is 19.2 Å². The molecule has 0 aliphatic heterocycles. The van der Waals surface area contributed by atoms with Crippen LogP contribution in [0.25, 0.3) is 0 Å². The van der Waals surface area contributed by atoms with Crippen molar-refractivity contribution in [1.29, 1.82) is 0 Å². The van der Waals surface area contributed by atoms with E-state index < -0.39 is 23.3 Å². The molecule has 0 aromatic heterocycles. The highest BCUT2D eigenvalue weighted by Gasteiger charge is 2.21. The number of hydrogen-bond acceptors (Lipinski definition) is 7. The maximum absolute atomic E-state index is 12.0. The predicted octanol–water partition coefficient (Wildman–Crippen LogP) is 1.68. The molecule has 8 nitrogen and oxygen atoms in total. The molecule has 0 spiro atoms. The zero-order chi connectivity index (χ0) is 18.1. The first kappa shape index (κ1) is 19.5. The van der Waals surface area contributed by atoms with E-state index in [2.05, 4.69) is 5.32 Å². The van der Waals surface area contributed by atoms with Crippen molar-refractivity contribution < 1.29 is 33.8 Å². The minimum atomic E-state index is -1.27. The molecule has 0 aliphatic rings. The normalized spacial score (nSPS) is 11.5. The molecule has 1 rings (SSSR count). The van der Waals surface area contributed by atoms with Crippen LogP contribution in [-0.2, 0) is 14.3 Å². The van der Waals surface area contributed by atoms with Crippen molar-refractivity contribution in [2.75, 3.05) is 5.75 Å². The maximum atomic E-state index is 12.0. The van der Waals surface area contributed by atoms with Crippen molar-refractivity contribution >= 4 is 35.4 Å². The highest BCUT2D eigenvalue weighted by Crippen LogP contribution is 2.22. The van der Waals surface area contributed by atoms with Gasteiger partial charge < -0.3 is 19.9 Å². The molecular formula is C15H17NO7S. The molecule has 0 heterocycles. The molecule has 0 radical (unpaired) electrons. The summed E-state index contributed by atoms with van der Waals surface area (Å²) in [6.07, 6.45) is -0.0941. The fourth-order valence-corrected chi connectivity index (χ4v) is 2.24. The molecule has 1 aromatic carbocycles. The Hall–Kier alpha value is -2.55. The van der Waals surface area contributed by atoms with E-state index in [-0.39, 0.29) is 29.6 Å². The van der Waals surface area contributed by atoms with Gasteiger partial charge >= 0.3 is 17.2 Å². The smallest absolute Gasteiger partial charge is 0.372 e. The Morgan fingerprint density at radius 3 is 2.54 bits per heavy atom. The number of carbonyl (C=O) groups is 4. The van der Waals surface area contributed by atoms with Crippen molar-refractivity contribution in [1.82, 2.24) is 5.32 Å². The summed E-state index contributed by atoms with van der Waals surface area (Å²) >= 11 is 0.566. The number of hydrogen-bond donors (Lipinski definition) is 2. The van der Waals surface area contributed by atoms with Gasteiger partial charge in [-0.05, 0) is 37.7 Å². The fraction of sp³-hybridized carbons (Fsp3) is 0.333. The molecule has 9 heteroatoms. The molecule has 0 bridgehead atoms. The van der Waals surface area contributed by atoms with Crippen LogP contribution in [0, 0.1) is 0 Å². The molecule has 24 heavy (non-hydrogen) atoms. The molecule has 0 aliphatic carbocycles. The molecule has 2 N–H and O–H groups in total. The summed E-state index contributed by atoms with van der Waals surface area (Å²) < 4.78 is 10.1. The lowest BCUT2D eigenvalue weighted by Gasteiger charge is -2.12. The van der Waals surface area contributed by atoms with Gasteiger partial charge in [0.25, 0.3) is 0 Å². The number of amides is 1. The molecule has 1 aromatic rings. The number of thioether (sulfide) groups is 1. The maximum Gasteiger partial charge on any atom is 0.372 e. The zero-order valence-corrected chi connectivity index (χ0v) is 13.9. The van der Waals surface area contributed by atoms with Crippen LogP contribution in [-0.4, -0.2) is 46.7 Å². The summed E-state index contributed by atoms with van der Waals surface area (Å²) in [5.74, 6) is -2.12. The number of carboxylic acid groups (broad SMARTS) is 1. The fourth-order valence-electron chi connectivity index (χ4n) is 1.55. The highest BCUT2D eigenvalue weighted by atomic mass is 32.2. The first-order chi connectivity index (χ1) is 11.3. The summed E-state index contributed by atoms with van der Waals surface area (Å²) in [7, 11) is 0. The Balaban J connectivity index is 2.72. The van der Waals surface area contributed by atoms with E-state index in [1.807, 2.05) is 0 Å². The Kier molecular flexibility index (Phi) is 7.76. The second-order valence-electron chi connectivity index (χ2n) is 4.79. The number of nitrogens with one attached hydrogen (secondary N) is 1. The van der Waals surface area contributed by atoms with E-state index >= 15 is 0 Å². The van der Waals surface area contributed by atoms with E-state index in [0.29, 0.717) is 11.8 Å². The Labute approximate surface area is 142 Å². The number of ether oxygens (including phenoxy) is 2. The van der Waals surface area contributed by atoms with Gasteiger partial charge in [-0.1, -0.05) is 12.1 Å². The second-order valence-corrected chi connectivity index (χ2v) is 5.74. The minimum absolute atomic E-state index is 0.0101. The van der Waals surface area contributed by atoms with Crippen LogP contribution in [0.3, 0.4) is 0 Å². The molecule has 130 valence electrons. The zero-order valence-electron chi connectivity index (χ0n) is 13.1. The first-order valence-electron chi connectivity index (χ1n) is 6.92. The summed E-state index contributed by atoms with van der Waals surface area (Å²) in [6.45, 7) is 3.38. The van der Waals surface area contributed by atoms with Crippen LogP contribution in [0.2, 0.25) is 0 Å². The lowest BCUT2D eigenvalue weighted by molar-refractivity contribution is -0.139. The van der Waals surface area contributed by atoms with Crippen LogP contribution >= 0.6 is 11.8 Å². The van der Waals surface area contributed by atoms with Gasteiger partial charge in [0.05, 0.1) is 6.10 Å². The molecular weight excluding hydrogens is 338 g/mol. The van der Waals surface area contributed by atoms with Crippen molar-refractivity contribution in [2.45, 2.75) is 26.0 Å². The predicted molar refractivity (Wildman–Crippen MR) is 86.1 cm³/mol. The van der Waals surface area contributed by atoms with Crippen LogP contribution in [0.4, 0.5) is 4.79 Å². The second kappa shape index (κ2) is 9.56. The van der Waals surface area contributed by atoms with Gasteiger partial charge in [-0.3, -0.25) is 4.79 Å². The number of para-hydroxylation sites is 1. The largest absolute Gasteiger partial charge is 0.480 e. The molecule has 0 unspecified atom stereocenters. The number of carbonyl (C=O) groups excluding carboxylic acids is 3. The summed E-state index contributed by atoms with van der Waals surface area (Å²) in [4.78, 5) is 44.9. The summed E-state index contributed by atoms with van der Waals surface area (Å²) in [6, 6.07) is 4.82. The van der Waals surface area contributed by atoms with Gasteiger partial charge in [0, 0.05) is 5.75 Å². The third-order valence-corrected chi connectivity index (χ3v) is 3.40. The van der Waals surface area contributed by atoms with Gasteiger partial charge in [0.1, 0.15) is 17.4 Å². The quantitative estimate of drug-likeness (QED) is 0.534. The van der Waals surface area contributed by atoms with Gasteiger partial charge in [0.2, 0.25) is 6.41 Å². The van der Waals surface area contributed by atoms with Crippen molar-refractivity contribution in [3.8, 4) is 5.75 Å². The number of carboxylic acids is 1. The van der Waals surface area contributed by atoms with E-state index in [0.717, 1.165) is 0 Å².